The lowest BCUT2D eigenvalue weighted by Crippen LogP contribution is -2.65. The lowest BCUT2D eigenvalue weighted by Gasteiger charge is -2.46. The number of aliphatic hydroxyl groups excluding tert-OH is 10. The molecule has 16 atom stereocenters. The van der Waals surface area contributed by atoms with Gasteiger partial charge in [0, 0.05) is 13.0 Å². The van der Waals surface area contributed by atoms with Crippen molar-refractivity contribution in [1.29, 1.82) is 0 Å². The highest BCUT2D eigenvalue weighted by molar-refractivity contribution is 5.83. The van der Waals surface area contributed by atoms with Gasteiger partial charge in [-0.15, -0.1) is 0 Å². The minimum absolute atomic E-state index is 0.0794. The molecule has 12 N–H and O–H groups in total. The Morgan fingerprint density at radius 2 is 1.13 bits per heavy atom. The van der Waals surface area contributed by atoms with Gasteiger partial charge in [-0.1, -0.05) is 60.7 Å². The first-order valence-electron chi connectivity index (χ1n) is 20.2. The summed E-state index contributed by atoms with van der Waals surface area (Å²) in [6, 6.07) is 16.3. The van der Waals surface area contributed by atoms with Crippen LogP contribution in [0, 0.1) is 0 Å². The summed E-state index contributed by atoms with van der Waals surface area (Å²) >= 11 is 0. The van der Waals surface area contributed by atoms with Gasteiger partial charge in [-0.05, 0) is 17.5 Å². The van der Waals surface area contributed by atoms with Crippen molar-refractivity contribution < 1.29 is 103 Å². The van der Waals surface area contributed by atoms with Crippen LogP contribution >= 0.6 is 0 Å². The number of alkyl carbamates (subject to hydrolysis) is 1. The van der Waals surface area contributed by atoms with Crippen LogP contribution in [0.4, 0.5) is 4.79 Å². The summed E-state index contributed by atoms with van der Waals surface area (Å²) in [6.07, 6.45) is -27.3. The maximum absolute atomic E-state index is 13.1. The van der Waals surface area contributed by atoms with Crippen LogP contribution in [-0.2, 0) is 60.7 Å². The van der Waals surface area contributed by atoms with Crippen molar-refractivity contribution in [3.63, 3.8) is 0 Å². The maximum Gasteiger partial charge on any atom is 0.408 e. The summed E-state index contributed by atoms with van der Waals surface area (Å²) in [4.78, 5) is 38.6. The van der Waals surface area contributed by atoms with Gasteiger partial charge in [-0.2, -0.15) is 0 Å². The number of esters is 1. The third-order valence-electron chi connectivity index (χ3n) is 10.4. The molecule has 3 saturated heterocycles. The third-order valence-corrected chi connectivity index (χ3v) is 10.4. The fourth-order valence-corrected chi connectivity index (χ4v) is 6.78. The van der Waals surface area contributed by atoms with Crippen molar-refractivity contribution in [1.82, 2.24) is 10.6 Å². The van der Waals surface area contributed by atoms with Gasteiger partial charge in [0.25, 0.3) is 0 Å². The Morgan fingerprint density at radius 1 is 0.603 bits per heavy atom. The largest absolute Gasteiger partial charge is 0.459 e. The number of amides is 2. The monoisotopic (exact) mass is 900 g/mol. The van der Waals surface area contributed by atoms with Crippen molar-refractivity contribution in [2.24, 2.45) is 0 Å². The van der Waals surface area contributed by atoms with Gasteiger partial charge in [0.2, 0.25) is 5.91 Å². The second kappa shape index (κ2) is 24.3. The van der Waals surface area contributed by atoms with Gasteiger partial charge in [0.1, 0.15) is 92.5 Å². The van der Waals surface area contributed by atoms with Crippen molar-refractivity contribution in [3.8, 4) is 0 Å². The van der Waals surface area contributed by atoms with Crippen molar-refractivity contribution in [2.45, 2.75) is 124 Å². The fraction of sp³-hybridized carbons (Fsp3) is 0.625. The molecule has 23 heteroatoms. The smallest absolute Gasteiger partial charge is 0.408 e. The van der Waals surface area contributed by atoms with E-state index in [0.717, 1.165) is 0 Å². The quantitative estimate of drug-likeness (QED) is 0.0439. The van der Waals surface area contributed by atoms with E-state index in [1.807, 2.05) is 0 Å². The van der Waals surface area contributed by atoms with Crippen molar-refractivity contribution in [2.75, 3.05) is 33.0 Å². The molecule has 2 aromatic carbocycles. The highest BCUT2D eigenvalue weighted by Crippen LogP contribution is 2.31. The Bertz CT molecular complexity index is 1700. The van der Waals surface area contributed by atoms with E-state index in [-0.39, 0.29) is 39.2 Å². The maximum atomic E-state index is 13.1. The standard InChI is InChI=1S/C40H56N2O21/c43-15-23-27(46)30(49)32(51)37(60-23)58-19-25-29(48)35(63-39-33(52)31(50)28(47)24(16-44)61-39)34(53)38(62-25)56-14-13-41-26(45)12-11-22(36(54)57-17-20-7-3-1-4-8-20)42-40(55)59-18-21-9-5-2-6-10-21/h1-10,22-25,27-35,37-39,43-44,46-53H,11-19H2,(H,41,45)(H,42,55)/t22-,23+,24+,25+,27+,28+,29+,30-,31-,32-,33-,34-,35-,37-,38-,39+/m0/s1. The zero-order chi connectivity index (χ0) is 45.6. The molecule has 0 bridgehead atoms. The van der Waals surface area contributed by atoms with E-state index in [9.17, 15) is 65.4 Å². The predicted molar refractivity (Wildman–Crippen MR) is 207 cm³/mol. The van der Waals surface area contributed by atoms with E-state index in [2.05, 4.69) is 10.6 Å². The number of ether oxygens (including phenoxy) is 8. The molecular weight excluding hydrogens is 844 g/mol. The molecule has 63 heavy (non-hydrogen) atoms. The van der Waals surface area contributed by atoms with E-state index in [1.54, 1.807) is 60.7 Å². The number of carbonyl (C=O) groups excluding carboxylic acids is 3. The molecule has 2 aromatic rings. The van der Waals surface area contributed by atoms with Crippen LogP contribution in [0.15, 0.2) is 60.7 Å². The van der Waals surface area contributed by atoms with E-state index in [0.29, 0.717) is 11.1 Å². The molecule has 352 valence electrons. The Morgan fingerprint density at radius 3 is 1.71 bits per heavy atom. The first-order valence-corrected chi connectivity index (χ1v) is 20.2. The molecule has 5 rings (SSSR count). The van der Waals surface area contributed by atoms with Crippen LogP contribution in [0.25, 0.3) is 0 Å². The Labute approximate surface area is 360 Å². The van der Waals surface area contributed by atoms with Gasteiger partial charge >= 0.3 is 12.1 Å². The zero-order valence-electron chi connectivity index (χ0n) is 33.8. The van der Waals surface area contributed by atoms with Gasteiger partial charge in [0.05, 0.1) is 26.4 Å². The van der Waals surface area contributed by atoms with Crippen LogP contribution in [-0.4, -0.2) is 200 Å². The summed E-state index contributed by atoms with van der Waals surface area (Å²) in [7, 11) is 0. The Hall–Kier alpha value is -3.99. The van der Waals surface area contributed by atoms with Crippen molar-refractivity contribution in [3.05, 3.63) is 71.8 Å². The highest BCUT2D eigenvalue weighted by Gasteiger charge is 2.52. The number of benzene rings is 2. The fourth-order valence-electron chi connectivity index (χ4n) is 6.78. The minimum atomic E-state index is -1.94. The number of aliphatic hydroxyl groups is 10. The Kier molecular flexibility index (Phi) is 19.3. The van der Waals surface area contributed by atoms with Crippen LogP contribution in [0.2, 0.25) is 0 Å². The SMILES string of the molecule is O=C(CC[C@H](NC(=O)OCc1ccccc1)C(=O)OCc1ccccc1)NCCO[C@H]1O[C@H](CO[C@H]2O[C@H](CO)[C@@H](O)[C@H](O)[C@@H]2O)[C@@H](O)[C@H](O[C@H]2O[C@H](CO)[C@@H](O)[C@H](O)[C@@H]2O)[C@@H]1O. The molecule has 0 aliphatic carbocycles. The molecule has 3 aliphatic rings. The average Bonchev–Trinajstić information content (AvgIpc) is 3.29. The van der Waals surface area contributed by atoms with Crippen LogP contribution in [0.3, 0.4) is 0 Å². The number of hydrogen-bond donors (Lipinski definition) is 12. The van der Waals surface area contributed by atoms with Gasteiger partial charge in [-0.25, -0.2) is 9.59 Å². The normalized spacial score (nSPS) is 33.8. The predicted octanol–water partition coefficient (Wildman–Crippen LogP) is -4.61. The zero-order valence-corrected chi connectivity index (χ0v) is 33.8. The summed E-state index contributed by atoms with van der Waals surface area (Å²) in [5, 5.41) is 108. The molecular formula is C40H56N2O21. The van der Waals surface area contributed by atoms with Crippen molar-refractivity contribution >= 4 is 18.0 Å². The molecule has 3 heterocycles. The summed E-state index contributed by atoms with van der Waals surface area (Å²) in [6.45, 7) is -3.00. The number of carbonyl (C=O) groups is 3. The molecule has 23 nitrogen and oxygen atoms in total. The van der Waals surface area contributed by atoms with Gasteiger partial charge in [-0.3, -0.25) is 4.79 Å². The topological polar surface area (TPSA) is 351 Å². The third kappa shape index (κ3) is 13.8. The van der Waals surface area contributed by atoms with Gasteiger partial charge in [0.15, 0.2) is 18.9 Å². The first kappa shape index (κ1) is 50.0. The summed E-state index contributed by atoms with van der Waals surface area (Å²) < 4.78 is 44.0. The molecule has 0 radical (unpaired) electrons. The highest BCUT2D eigenvalue weighted by atomic mass is 16.7. The average molecular weight is 901 g/mol. The molecule has 2 amide bonds. The van der Waals surface area contributed by atoms with E-state index >= 15 is 0 Å². The Balaban J connectivity index is 1.18. The summed E-state index contributed by atoms with van der Waals surface area (Å²) in [5.41, 5.74) is 1.39. The van der Waals surface area contributed by atoms with E-state index in [1.165, 1.54) is 0 Å². The van der Waals surface area contributed by atoms with Crippen LogP contribution in [0.1, 0.15) is 24.0 Å². The van der Waals surface area contributed by atoms with Crippen LogP contribution < -0.4 is 10.6 Å². The lowest BCUT2D eigenvalue weighted by molar-refractivity contribution is -0.366. The molecule has 3 fully saturated rings. The van der Waals surface area contributed by atoms with E-state index in [4.69, 9.17) is 37.9 Å². The molecule has 0 spiro atoms. The molecule has 0 unspecified atom stereocenters. The number of nitrogens with one attached hydrogen (secondary N) is 2. The molecule has 3 aliphatic heterocycles. The van der Waals surface area contributed by atoms with Crippen LogP contribution in [0.5, 0.6) is 0 Å². The molecule has 0 aromatic heterocycles. The molecule has 0 saturated carbocycles. The second-order valence-corrected chi connectivity index (χ2v) is 15.0. The lowest BCUT2D eigenvalue weighted by atomic mass is 9.96. The first-order chi connectivity index (χ1) is 30.2. The second-order valence-electron chi connectivity index (χ2n) is 15.0. The number of hydrogen-bond acceptors (Lipinski definition) is 21. The minimum Gasteiger partial charge on any atom is -0.459 e. The van der Waals surface area contributed by atoms with E-state index < -0.39 is 136 Å². The summed E-state index contributed by atoms with van der Waals surface area (Å²) in [5.74, 6) is -1.41. The van der Waals surface area contributed by atoms with Gasteiger partial charge < -0.3 is 99.6 Å². The number of rotatable bonds is 20.